The zero-order chi connectivity index (χ0) is 25.9. The lowest BCUT2D eigenvalue weighted by atomic mass is 10.1. The number of ether oxygens (including phenoxy) is 2. The summed E-state index contributed by atoms with van der Waals surface area (Å²) >= 11 is 0. The minimum atomic E-state index is -4.25. The van der Waals surface area contributed by atoms with Gasteiger partial charge in [-0.25, -0.2) is 13.2 Å². The van der Waals surface area contributed by atoms with Crippen molar-refractivity contribution in [1.29, 1.82) is 0 Å². The minimum absolute atomic E-state index is 0.0465. The summed E-state index contributed by atoms with van der Waals surface area (Å²) in [6, 6.07) is 19.1. The molecule has 0 aromatic heterocycles. The molecule has 0 saturated heterocycles. The molecule has 8 nitrogen and oxygen atoms in total. The molecule has 0 aliphatic carbocycles. The summed E-state index contributed by atoms with van der Waals surface area (Å²) in [6.45, 7) is 4.20. The third kappa shape index (κ3) is 4.57. The lowest BCUT2D eigenvalue weighted by molar-refractivity contribution is -0.117. The van der Waals surface area contributed by atoms with E-state index < -0.39 is 38.4 Å². The van der Waals surface area contributed by atoms with Crippen molar-refractivity contribution in [3.05, 3.63) is 101 Å². The monoisotopic (exact) mass is 507 g/mol. The molecule has 0 spiro atoms. The van der Waals surface area contributed by atoms with Crippen LogP contribution in [0.4, 0.5) is 5.69 Å². The predicted molar refractivity (Wildman–Crippen MR) is 134 cm³/mol. The van der Waals surface area contributed by atoms with Gasteiger partial charge in [0.25, 0.3) is 5.91 Å². The van der Waals surface area contributed by atoms with Gasteiger partial charge in [0, 0.05) is 5.69 Å². The van der Waals surface area contributed by atoms with Crippen LogP contribution in [0, 0.1) is 0 Å². The Morgan fingerprint density at radius 2 is 1.56 bits per heavy atom. The molecule has 0 bridgehead atoms. The molecule has 1 heterocycles. The van der Waals surface area contributed by atoms with Gasteiger partial charge >= 0.3 is 5.97 Å². The number of amides is 1. The molecule has 0 unspecified atom stereocenters. The van der Waals surface area contributed by atoms with Crippen molar-refractivity contribution in [3.8, 4) is 5.75 Å². The first-order chi connectivity index (χ1) is 17.3. The number of hydrogen-bond acceptors (Lipinski definition) is 7. The summed E-state index contributed by atoms with van der Waals surface area (Å²) in [5.74, 6) is -1.66. The lowest BCUT2D eigenvalue weighted by Gasteiger charge is -2.27. The van der Waals surface area contributed by atoms with Crippen LogP contribution in [0.2, 0.25) is 0 Å². The number of benzene rings is 3. The maximum absolute atomic E-state index is 13.7. The average Bonchev–Trinajstić information content (AvgIpc) is 3.16. The van der Waals surface area contributed by atoms with E-state index in [1.165, 1.54) is 41.3 Å². The van der Waals surface area contributed by atoms with Gasteiger partial charge in [0.1, 0.15) is 16.7 Å². The first-order valence-electron chi connectivity index (χ1n) is 11.4. The van der Waals surface area contributed by atoms with Crippen LogP contribution in [-0.4, -0.2) is 38.6 Å². The SMILES string of the molecule is CCOC(=O)c1ccc(N2C(=O)C(O)=C(S(=O)(=O)c3ccccc3)[C@H]2c2ccc(OCC)cc2)cc1. The Balaban J connectivity index is 1.84. The van der Waals surface area contributed by atoms with Crippen LogP contribution >= 0.6 is 0 Å². The molecular formula is C27H25NO7S. The minimum Gasteiger partial charge on any atom is -0.502 e. The molecule has 1 amide bonds. The summed E-state index contributed by atoms with van der Waals surface area (Å²) < 4.78 is 37.8. The fourth-order valence-electron chi connectivity index (χ4n) is 4.04. The molecule has 4 rings (SSSR count). The van der Waals surface area contributed by atoms with Crippen LogP contribution in [-0.2, 0) is 19.4 Å². The normalized spacial score (nSPS) is 15.8. The Morgan fingerprint density at radius 1 is 0.917 bits per heavy atom. The fraction of sp³-hybridized carbons (Fsp3) is 0.185. The van der Waals surface area contributed by atoms with Crippen molar-refractivity contribution in [2.75, 3.05) is 18.1 Å². The molecular weight excluding hydrogens is 482 g/mol. The highest BCUT2D eigenvalue weighted by Gasteiger charge is 2.47. The van der Waals surface area contributed by atoms with Crippen LogP contribution < -0.4 is 9.64 Å². The van der Waals surface area contributed by atoms with E-state index in [2.05, 4.69) is 0 Å². The highest BCUT2D eigenvalue weighted by atomic mass is 32.2. The molecule has 1 atom stereocenters. The largest absolute Gasteiger partial charge is 0.502 e. The first kappa shape index (κ1) is 25.0. The number of carbonyl (C=O) groups is 2. The van der Waals surface area contributed by atoms with Gasteiger partial charge in [0.05, 0.1) is 23.7 Å². The maximum Gasteiger partial charge on any atom is 0.338 e. The van der Waals surface area contributed by atoms with Gasteiger partial charge in [-0.2, -0.15) is 0 Å². The number of rotatable bonds is 8. The Labute approximate surface area is 209 Å². The zero-order valence-electron chi connectivity index (χ0n) is 19.7. The summed E-state index contributed by atoms with van der Waals surface area (Å²) in [5.41, 5.74) is 1.04. The van der Waals surface area contributed by atoms with Gasteiger partial charge < -0.3 is 14.6 Å². The van der Waals surface area contributed by atoms with Crippen molar-refractivity contribution in [1.82, 2.24) is 0 Å². The number of anilines is 1. The molecule has 0 fully saturated rings. The molecule has 3 aromatic rings. The van der Waals surface area contributed by atoms with Crippen molar-refractivity contribution < 1.29 is 32.6 Å². The smallest absolute Gasteiger partial charge is 0.338 e. The third-order valence-corrected chi connectivity index (χ3v) is 7.56. The number of aliphatic hydroxyl groups excluding tert-OH is 1. The van der Waals surface area contributed by atoms with E-state index in [1.54, 1.807) is 49.4 Å². The average molecular weight is 508 g/mol. The standard InChI is InChI=1S/C27H25NO7S/c1-3-34-21-16-12-18(13-17-21)23-25(36(32,33)22-8-6-5-7-9-22)24(29)26(30)28(23)20-14-10-19(11-15-20)27(31)35-4-2/h5-17,23,29H,3-4H2,1-2H3/t23-/m1/s1. The van der Waals surface area contributed by atoms with Crippen LogP contribution in [0.25, 0.3) is 0 Å². The Kier molecular flexibility index (Phi) is 7.12. The van der Waals surface area contributed by atoms with Gasteiger partial charge in [0.2, 0.25) is 9.84 Å². The molecule has 186 valence electrons. The molecule has 9 heteroatoms. The second-order valence-corrected chi connectivity index (χ2v) is 9.79. The van der Waals surface area contributed by atoms with Gasteiger partial charge in [-0.15, -0.1) is 0 Å². The molecule has 1 aliphatic heterocycles. The molecule has 3 aromatic carbocycles. The van der Waals surface area contributed by atoms with Crippen molar-refractivity contribution in [2.45, 2.75) is 24.8 Å². The maximum atomic E-state index is 13.7. The second-order valence-electron chi connectivity index (χ2n) is 7.88. The van der Waals surface area contributed by atoms with E-state index in [4.69, 9.17) is 9.47 Å². The van der Waals surface area contributed by atoms with Crippen LogP contribution in [0.15, 0.2) is 94.4 Å². The predicted octanol–water partition coefficient (Wildman–Crippen LogP) is 4.59. The first-order valence-corrected chi connectivity index (χ1v) is 12.8. The van der Waals surface area contributed by atoms with Crippen molar-refractivity contribution >= 4 is 27.4 Å². The van der Waals surface area contributed by atoms with E-state index in [-0.39, 0.29) is 17.1 Å². The van der Waals surface area contributed by atoms with Crippen LogP contribution in [0.1, 0.15) is 35.8 Å². The molecule has 1 aliphatic rings. The summed E-state index contributed by atoms with van der Waals surface area (Å²) in [7, 11) is -4.25. The molecule has 1 N–H and O–H groups in total. The topological polar surface area (TPSA) is 110 Å². The molecule has 0 saturated carbocycles. The van der Waals surface area contributed by atoms with Crippen molar-refractivity contribution in [3.63, 3.8) is 0 Å². The van der Waals surface area contributed by atoms with E-state index in [0.717, 1.165) is 0 Å². The Hall–Kier alpha value is -4.11. The Morgan fingerprint density at radius 3 is 2.14 bits per heavy atom. The number of nitrogens with zero attached hydrogens (tertiary/aromatic N) is 1. The van der Waals surface area contributed by atoms with E-state index in [0.29, 0.717) is 23.6 Å². The number of aliphatic hydroxyl groups is 1. The summed E-state index contributed by atoms with van der Waals surface area (Å²) in [6.07, 6.45) is 0. The van der Waals surface area contributed by atoms with Crippen molar-refractivity contribution in [2.24, 2.45) is 0 Å². The molecule has 36 heavy (non-hydrogen) atoms. The van der Waals surface area contributed by atoms with E-state index >= 15 is 0 Å². The number of esters is 1. The van der Waals surface area contributed by atoms with E-state index in [9.17, 15) is 23.1 Å². The number of carbonyl (C=O) groups excluding carboxylic acids is 2. The lowest BCUT2D eigenvalue weighted by Crippen LogP contribution is -2.31. The highest BCUT2D eigenvalue weighted by molar-refractivity contribution is 7.95. The van der Waals surface area contributed by atoms with Gasteiger partial charge in [-0.3, -0.25) is 9.69 Å². The number of hydrogen-bond donors (Lipinski definition) is 1. The van der Waals surface area contributed by atoms with Gasteiger partial charge in [0.15, 0.2) is 5.76 Å². The second kappa shape index (κ2) is 10.2. The van der Waals surface area contributed by atoms with Crippen LogP contribution in [0.5, 0.6) is 5.75 Å². The molecule has 0 radical (unpaired) electrons. The van der Waals surface area contributed by atoms with Gasteiger partial charge in [-0.1, -0.05) is 30.3 Å². The van der Waals surface area contributed by atoms with Gasteiger partial charge in [-0.05, 0) is 67.9 Å². The van der Waals surface area contributed by atoms with E-state index in [1.807, 2.05) is 6.92 Å². The fourth-order valence-corrected chi connectivity index (χ4v) is 5.68. The highest BCUT2D eigenvalue weighted by Crippen LogP contribution is 2.45. The van der Waals surface area contributed by atoms with Crippen LogP contribution in [0.3, 0.4) is 0 Å². The summed E-state index contributed by atoms with van der Waals surface area (Å²) in [5, 5.41) is 10.9. The zero-order valence-corrected chi connectivity index (χ0v) is 20.6. The third-order valence-electron chi connectivity index (χ3n) is 5.67. The Bertz CT molecular complexity index is 1400. The summed E-state index contributed by atoms with van der Waals surface area (Å²) in [4.78, 5) is 26.1. The quantitative estimate of drug-likeness (QED) is 0.444. The number of sulfone groups is 1.